The highest BCUT2D eigenvalue weighted by atomic mass is 16.5. The van der Waals surface area contributed by atoms with Crippen molar-refractivity contribution >= 4 is 22.6 Å². The molecule has 1 amide bonds. The van der Waals surface area contributed by atoms with Gasteiger partial charge in [-0.05, 0) is 62.1 Å². The SMILES string of the molecule is CCc1cccc(C)c1N(C(=O)Cn1c(C(CC)Oc2ccccc2)nc2ccccc21)C(C)COC. The summed E-state index contributed by atoms with van der Waals surface area (Å²) in [7, 11) is 1.67. The van der Waals surface area contributed by atoms with Gasteiger partial charge in [0.1, 0.15) is 12.3 Å². The number of fused-ring (bicyclic) bond motifs is 1. The molecule has 37 heavy (non-hydrogen) atoms. The van der Waals surface area contributed by atoms with Gasteiger partial charge in [0.2, 0.25) is 5.91 Å². The number of ether oxygens (including phenoxy) is 2. The number of rotatable bonds is 11. The molecule has 3 aromatic carbocycles. The van der Waals surface area contributed by atoms with Crippen LogP contribution in [0, 0.1) is 6.92 Å². The predicted molar refractivity (Wildman–Crippen MR) is 149 cm³/mol. The first-order valence-electron chi connectivity index (χ1n) is 13.0. The Balaban J connectivity index is 1.77. The van der Waals surface area contributed by atoms with Gasteiger partial charge in [0.25, 0.3) is 0 Å². The van der Waals surface area contributed by atoms with Crippen molar-refractivity contribution in [2.45, 2.75) is 59.2 Å². The third-order valence-electron chi connectivity index (χ3n) is 6.72. The molecule has 0 spiro atoms. The van der Waals surface area contributed by atoms with E-state index in [9.17, 15) is 4.79 Å². The number of carbonyl (C=O) groups excluding carboxylic acids is 1. The molecule has 1 aromatic heterocycles. The topological polar surface area (TPSA) is 56.6 Å². The van der Waals surface area contributed by atoms with Crippen molar-refractivity contribution in [2.75, 3.05) is 18.6 Å². The fourth-order valence-electron chi connectivity index (χ4n) is 4.96. The number of para-hydroxylation sites is 4. The standard InChI is InChI=1S/C31H37N3O3/c1-6-24-15-13-14-22(3)30(24)34(23(4)21-36-5)29(35)20-33-27-19-12-11-18-26(27)32-31(33)28(7-2)37-25-16-9-8-10-17-25/h8-19,23,28H,6-7,20-21H2,1-5H3. The first-order chi connectivity index (χ1) is 18.0. The Morgan fingerprint density at radius 3 is 2.43 bits per heavy atom. The maximum atomic E-state index is 14.2. The smallest absolute Gasteiger partial charge is 0.247 e. The highest BCUT2D eigenvalue weighted by molar-refractivity contribution is 5.96. The molecule has 0 N–H and O–H groups in total. The minimum atomic E-state index is -0.294. The lowest BCUT2D eigenvalue weighted by Gasteiger charge is -2.32. The van der Waals surface area contributed by atoms with Gasteiger partial charge in [-0.25, -0.2) is 4.98 Å². The second kappa shape index (κ2) is 12.1. The van der Waals surface area contributed by atoms with Crippen LogP contribution in [-0.2, 0) is 22.5 Å². The summed E-state index contributed by atoms with van der Waals surface area (Å²) >= 11 is 0. The zero-order valence-corrected chi connectivity index (χ0v) is 22.5. The van der Waals surface area contributed by atoms with E-state index in [0.717, 1.165) is 45.8 Å². The fourth-order valence-corrected chi connectivity index (χ4v) is 4.96. The van der Waals surface area contributed by atoms with Gasteiger partial charge < -0.3 is 18.9 Å². The molecule has 6 heteroatoms. The number of nitrogens with zero attached hydrogens (tertiary/aromatic N) is 3. The number of anilines is 1. The Bertz CT molecular complexity index is 1330. The molecule has 2 atom stereocenters. The second-order valence-electron chi connectivity index (χ2n) is 9.38. The van der Waals surface area contributed by atoms with Crippen LogP contribution >= 0.6 is 0 Å². The number of aromatic nitrogens is 2. The van der Waals surface area contributed by atoms with Crippen molar-refractivity contribution in [1.29, 1.82) is 0 Å². The van der Waals surface area contributed by atoms with Gasteiger partial charge in [0.05, 0.1) is 29.4 Å². The number of hydrogen-bond acceptors (Lipinski definition) is 4. The lowest BCUT2D eigenvalue weighted by Crippen LogP contribution is -2.44. The molecule has 194 valence electrons. The average Bonchev–Trinajstić information content (AvgIpc) is 3.27. The molecule has 0 aliphatic carbocycles. The molecule has 0 aliphatic rings. The zero-order valence-electron chi connectivity index (χ0n) is 22.5. The summed E-state index contributed by atoms with van der Waals surface area (Å²) in [6.45, 7) is 8.88. The first kappa shape index (κ1) is 26.4. The van der Waals surface area contributed by atoms with Crippen LogP contribution in [0.25, 0.3) is 11.0 Å². The maximum absolute atomic E-state index is 14.2. The van der Waals surface area contributed by atoms with E-state index < -0.39 is 0 Å². The lowest BCUT2D eigenvalue weighted by molar-refractivity contribution is -0.119. The molecular formula is C31H37N3O3. The third-order valence-corrected chi connectivity index (χ3v) is 6.72. The van der Waals surface area contributed by atoms with Crippen LogP contribution < -0.4 is 9.64 Å². The van der Waals surface area contributed by atoms with E-state index in [1.807, 2.05) is 71.0 Å². The summed E-state index contributed by atoms with van der Waals surface area (Å²) in [4.78, 5) is 21.0. The largest absolute Gasteiger partial charge is 0.483 e. The number of carbonyl (C=O) groups is 1. The van der Waals surface area contributed by atoms with Gasteiger partial charge >= 0.3 is 0 Å². The number of methoxy groups -OCH3 is 1. The molecular weight excluding hydrogens is 462 g/mol. The Kier molecular flexibility index (Phi) is 8.62. The van der Waals surface area contributed by atoms with Gasteiger partial charge in [-0.1, -0.05) is 62.4 Å². The average molecular weight is 500 g/mol. The Labute approximate surface area is 219 Å². The van der Waals surface area contributed by atoms with E-state index in [1.54, 1.807) is 7.11 Å². The molecule has 0 bridgehead atoms. The summed E-state index contributed by atoms with van der Waals surface area (Å²) < 4.78 is 13.9. The van der Waals surface area contributed by atoms with Crippen molar-refractivity contribution in [3.63, 3.8) is 0 Å². The highest BCUT2D eigenvalue weighted by Crippen LogP contribution is 2.31. The lowest BCUT2D eigenvalue weighted by atomic mass is 10.0. The van der Waals surface area contributed by atoms with E-state index in [1.165, 1.54) is 0 Å². The summed E-state index contributed by atoms with van der Waals surface area (Å²) in [5.74, 6) is 1.52. The summed E-state index contributed by atoms with van der Waals surface area (Å²) in [5.41, 5.74) is 4.96. The minimum absolute atomic E-state index is 0.00693. The van der Waals surface area contributed by atoms with E-state index in [4.69, 9.17) is 14.5 Å². The number of imidazole rings is 1. The highest BCUT2D eigenvalue weighted by Gasteiger charge is 2.28. The summed E-state index contributed by atoms with van der Waals surface area (Å²) in [6.07, 6.45) is 1.26. The molecule has 0 aliphatic heterocycles. The first-order valence-corrected chi connectivity index (χ1v) is 13.0. The van der Waals surface area contributed by atoms with Gasteiger partial charge in [-0.2, -0.15) is 0 Å². The van der Waals surface area contributed by atoms with E-state index in [2.05, 4.69) is 39.0 Å². The molecule has 0 radical (unpaired) electrons. The molecule has 4 aromatic rings. The van der Waals surface area contributed by atoms with Crippen LogP contribution in [0.5, 0.6) is 5.75 Å². The number of hydrogen-bond donors (Lipinski definition) is 0. The van der Waals surface area contributed by atoms with Crippen LogP contribution in [0.4, 0.5) is 5.69 Å². The molecule has 0 saturated heterocycles. The van der Waals surface area contributed by atoms with Gasteiger partial charge in [-0.15, -0.1) is 0 Å². The quantitative estimate of drug-likeness (QED) is 0.236. The summed E-state index contributed by atoms with van der Waals surface area (Å²) in [6, 6.07) is 23.8. The number of benzene rings is 3. The van der Waals surface area contributed by atoms with Gasteiger partial charge in [-0.3, -0.25) is 4.79 Å². The van der Waals surface area contributed by atoms with Gasteiger partial charge in [0, 0.05) is 7.11 Å². The number of aryl methyl sites for hydroxylation is 2. The molecule has 1 heterocycles. The van der Waals surface area contributed by atoms with Crippen molar-refractivity contribution < 1.29 is 14.3 Å². The van der Waals surface area contributed by atoms with E-state index in [0.29, 0.717) is 13.0 Å². The normalized spacial score (nSPS) is 12.9. The van der Waals surface area contributed by atoms with Crippen LogP contribution in [0.1, 0.15) is 50.2 Å². The zero-order chi connectivity index (χ0) is 26.4. The maximum Gasteiger partial charge on any atom is 0.247 e. The van der Waals surface area contributed by atoms with Crippen molar-refractivity contribution in [2.24, 2.45) is 0 Å². The van der Waals surface area contributed by atoms with Crippen molar-refractivity contribution in [3.8, 4) is 5.75 Å². The van der Waals surface area contributed by atoms with Gasteiger partial charge in [0.15, 0.2) is 11.9 Å². The molecule has 0 fully saturated rings. The van der Waals surface area contributed by atoms with Crippen LogP contribution in [0.2, 0.25) is 0 Å². The minimum Gasteiger partial charge on any atom is -0.483 e. The second-order valence-corrected chi connectivity index (χ2v) is 9.38. The van der Waals surface area contributed by atoms with E-state index >= 15 is 0 Å². The molecule has 6 nitrogen and oxygen atoms in total. The molecule has 4 rings (SSSR count). The van der Waals surface area contributed by atoms with Crippen LogP contribution in [0.3, 0.4) is 0 Å². The molecule has 2 unspecified atom stereocenters. The van der Waals surface area contributed by atoms with Crippen LogP contribution in [-0.4, -0.2) is 35.2 Å². The molecule has 0 saturated carbocycles. The monoisotopic (exact) mass is 499 g/mol. The van der Waals surface area contributed by atoms with Crippen molar-refractivity contribution in [1.82, 2.24) is 9.55 Å². The van der Waals surface area contributed by atoms with Crippen LogP contribution in [0.15, 0.2) is 72.8 Å². The van der Waals surface area contributed by atoms with Crippen molar-refractivity contribution in [3.05, 3.63) is 89.7 Å². The Morgan fingerprint density at radius 1 is 1.00 bits per heavy atom. The Hall–Kier alpha value is -3.64. The van der Waals surface area contributed by atoms with E-state index in [-0.39, 0.29) is 24.6 Å². The third kappa shape index (κ3) is 5.70. The predicted octanol–water partition coefficient (Wildman–Crippen LogP) is 6.51. The number of amides is 1. The summed E-state index contributed by atoms with van der Waals surface area (Å²) in [5, 5.41) is 0. The Morgan fingerprint density at radius 2 is 1.73 bits per heavy atom. The fraction of sp³-hybridized carbons (Fsp3) is 0.355.